The van der Waals surface area contributed by atoms with Gasteiger partial charge in [0.25, 0.3) is 0 Å². The van der Waals surface area contributed by atoms with Gasteiger partial charge in [0.15, 0.2) is 11.6 Å². The van der Waals surface area contributed by atoms with Gasteiger partial charge in [0, 0.05) is 32.9 Å². The van der Waals surface area contributed by atoms with Crippen LogP contribution in [0.4, 0.5) is 0 Å². The number of fused-ring (bicyclic) bond motifs is 8. The van der Waals surface area contributed by atoms with E-state index in [-0.39, 0.29) is 5.41 Å². The van der Waals surface area contributed by atoms with E-state index < -0.39 is 0 Å². The second-order valence-electron chi connectivity index (χ2n) is 16.4. The highest BCUT2D eigenvalue weighted by molar-refractivity contribution is 6.17. The Hall–Kier alpha value is -7.69. The Morgan fingerprint density at radius 3 is 1.71 bits per heavy atom. The minimum atomic E-state index is -0.131. The fourth-order valence-electron chi connectivity index (χ4n) is 9.65. The largest absolute Gasteiger partial charge is 0.277 e. The summed E-state index contributed by atoms with van der Waals surface area (Å²) in [7, 11) is 0. The molecule has 9 aromatic carbocycles. The molecule has 0 spiro atoms. The summed E-state index contributed by atoms with van der Waals surface area (Å²) in [6.07, 6.45) is 0. The molecule has 2 aromatic heterocycles. The van der Waals surface area contributed by atoms with Crippen molar-refractivity contribution in [2.75, 3.05) is 0 Å². The molecule has 0 fully saturated rings. The van der Waals surface area contributed by atoms with Gasteiger partial charge in [-0.3, -0.25) is 4.57 Å². The minimum absolute atomic E-state index is 0.131. The van der Waals surface area contributed by atoms with Crippen LogP contribution < -0.4 is 0 Å². The average molecular weight is 797 g/mol. The lowest BCUT2D eigenvalue weighted by molar-refractivity contribution is 0.660. The van der Waals surface area contributed by atoms with Crippen LogP contribution in [0.1, 0.15) is 38.8 Å². The van der Waals surface area contributed by atoms with Crippen LogP contribution in [0.25, 0.3) is 105 Å². The second kappa shape index (κ2) is 14.8. The van der Waals surface area contributed by atoms with E-state index in [0.29, 0.717) is 17.6 Å². The molecule has 296 valence electrons. The summed E-state index contributed by atoms with van der Waals surface area (Å²) in [6.45, 7) is 8.69. The van der Waals surface area contributed by atoms with Gasteiger partial charge in [-0.05, 0) is 78.7 Å². The summed E-state index contributed by atoms with van der Waals surface area (Å²) in [5, 5.41) is 6.96. The number of hydrogen-bond donors (Lipinski definition) is 0. The van der Waals surface area contributed by atoms with E-state index >= 15 is 0 Å². The molecule has 0 amide bonds. The van der Waals surface area contributed by atoms with Crippen molar-refractivity contribution in [3.63, 3.8) is 0 Å². The van der Waals surface area contributed by atoms with Crippen LogP contribution in [0.15, 0.2) is 194 Å². The molecule has 11 aromatic rings. The van der Waals surface area contributed by atoms with Crippen molar-refractivity contribution < 1.29 is 0 Å². The standard InChI is InChI=1S/C56H38N4.C2H6/c1-56(2)48-24-11-10-20-46(48)51-43(21-13-25-49(51)56)44-22-12-23-45-47-33-40-18-8-9-19-41(40)34-50(47)60(52(44)45)55-58-53(38-29-26-37(27-30-38)35-14-4-3-5-15-35)57-54(59-55)42-31-28-36-16-6-7-17-39(36)32-42;1-2/h3-34H,1-2H3;1-2H3. The molecule has 1 aliphatic rings. The zero-order valence-electron chi connectivity index (χ0n) is 35.3. The molecule has 2 heterocycles. The Labute approximate surface area is 361 Å². The van der Waals surface area contributed by atoms with Gasteiger partial charge in [0.2, 0.25) is 5.95 Å². The third-order valence-electron chi connectivity index (χ3n) is 12.6. The highest BCUT2D eigenvalue weighted by Gasteiger charge is 2.37. The van der Waals surface area contributed by atoms with Crippen LogP contribution >= 0.6 is 0 Å². The van der Waals surface area contributed by atoms with Gasteiger partial charge in [-0.25, -0.2) is 4.98 Å². The molecule has 0 atom stereocenters. The molecule has 4 nitrogen and oxygen atoms in total. The third-order valence-corrected chi connectivity index (χ3v) is 12.6. The van der Waals surface area contributed by atoms with E-state index in [1.54, 1.807) is 0 Å². The van der Waals surface area contributed by atoms with E-state index in [0.717, 1.165) is 54.8 Å². The second-order valence-corrected chi connectivity index (χ2v) is 16.4. The molecule has 4 heteroatoms. The maximum absolute atomic E-state index is 5.43. The van der Waals surface area contributed by atoms with Crippen molar-refractivity contribution >= 4 is 43.4 Å². The van der Waals surface area contributed by atoms with Crippen LogP contribution in [-0.2, 0) is 5.41 Å². The molecule has 0 saturated carbocycles. The van der Waals surface area contributed by atoms with Crippen molar-refractivity contribution in [2.24, 2.45) is 0 Å². The summed E-state index contributed by atoms with van der Waals surface area (Å²) in [4.78, 5) is 16.1. The monoisotopic (exact) mass is 796 g/mol. The highest BCUT2D eigenvalue weighted by Crippen LogP contribution is 2.53. The molecule has 0 bridgehead atoms. The van der Waals surface area contributed by atoms with E-state index in [4.69, 9.17) is 15.0 Å². The van der Waals surface area contributed by atoms with Gasteiger partial charge in [-0.15, -0.1) is 0 Å². The summed E-state index contributed by atoms with van der Waals surface area (Å²) in [5.41, 5.74) is 13.8. The maximum Gasteiger partial charge on any atom is 0.238 e. The van der Waals surface area contributed by atoms with Gasteiger partial charge in [-0.1, -0.05) is 204 Å². The molecule has 1 aliphatic carbocycles. The first-order chi connectivity index (χ1) is 30.5. The first kappa shape index (κ1) is 37.3. The summed E-state index contributed by atoms with van der Waals surface area (Å²) >= 11 is 0. The number of para-hydroxylation sites is 1. The quantitative estimate of drug-likeness (QED) is 0.174. The van der Waals surface area contributed by atoms with E-state index in [9.17, 15) is 0 Å². The highest BCUT2D eigenvalue weighted by atomic mass is 15.2. The number of benzene rings is 9. The van der Waals surface area contributed by atoms with Crippen molar-refractivity contribution in [3.8, 4) is 62.1 Å². The van der Waals surface area contributed by atoms with Crippen LogP contribution in [0.2, 0.25) is 0 Å². The Kier molecular flexibility index (Phi) is 8.90. The van der Waals surface area contributed by atoms with E-state index in [2.05, 4.69) is 206 Å². The lowest BCUT2D eigenvalue weighted by Crippen LogP contribution is -2.14. The molecule has 0 saturated heterocycles. The summed E-state index contributed by atoms with van der Waals surface area (Å²) in [5.74, 6) is 1.82. The lowest BCUT2D eigenvalue weighted by Gasteiger charge is -2.21. The zero-order chi connectivity index (χ0) is 42.0. The fraction of sp³-hybridized carbons (Fsp3) is 0.0862. The molecule has 0 unspecified atom stereocenters. The smallest absolute Gasteiger partial charge is 0.238 e. The Morgan fingerprint density at radius 2 is 0.935 bits per heavy atom. The molecule has 0 radical (unpaired) electrons. The number of aromatic nitrogens is 4. The first-order valence-electron chi connectivity index (χ1n) is 21.6. The van der Waals surface area contributed by atoms with Crippen molar-refractivity contribution in [3.05, 3.63) is 205 Å². The topological polar surface area (TPSA) is 43.6 Å². The molecule has 0 N–H and O–H groups in total. The van der Waals surface area contributed by atoms with Gasteiger partial charge >= 0.3 is 0 Å². The molecule has 0 aliphatic heterocycles. The Balaban J connectivity index is 0.00000213. The van der Waals surface area contributed by atoms with Gasteiger partial charge in [-0.2, -0.15) is 9.97 Å². The Bertz CT molecular complexity index is 3510. The zero-order valence-corrected chi connectivity index (χ0v) is 35.3. The number of hydrogen-bond acceptors (Lipinski definition) is 3. The minimum Gasteiger partial charge on any atom is -0.277 e. The summed E-state index contributed by atoms with van der Waals surface area (Å²) < 4.78 is 2.30. The third kappa shape index (κ3) is 5.94. The van der Waals surface area contributed by atoms with Crippen molar-refractivity contribution in [1.29, 1.82) is 0 Å². The SMILES string of the molecule is CC.CC1(C)c2ccccc2-c2c(-c3cccc4c5cc6ccccc6cc5n(-c5nc(-c6ccc(-c7ccccc7)cc6)nc(-c6ccc7ccccc7c6)n5)c34)cccc21. The van der Waals surface area contributed by atoms with Crippen LogP contribution in [0.3, 0.4) is 0 Å². The lowest BCUT2D eigenvalue weighted by atomic mass is 9.82. The maximum atomic E-state index is 5.43. The van der Waals surface area contributed by atoms with Crippen molar-refractivity contribution in [1.82, 2.24) is 19.5 Å². The van der Waals surface area contributed by atoms with Gasteiger partial charge < -0.3 is 0 Å². The average Bonchev–Trinajstić information content (AvgIpc) is 3.79. The fourth-order valence-corrected chi connectivity index (χ4v) is 9.65. The van der Waals surface area contributed by atoms with E-state index in [1.807, 2.05) is 19.9 Å². The molecular weight excluding hydrogens is 753 g/mol. The van der Waals surface area contributed by atoms with Crippen LogP contribution in [0.5, 0.6) is 0 Å². The predicted molar refractivity (Wildman–Crippen MR) is 260 cm³/mol. The normalized spacial score (nSPS) is 12.6. The van der Waals surface area contributed by atoms with Crippen molar-refractivity contribution in [2.45, 2.75) is 33.1 Å². The summed E-state index contributed by atoms with van der Waals surface area (Å²) in [6, 6.07) is 69.6. The molecule has 62 heavy (non-hydrogen) atoms. The molecular formula is C58H44N4. The Morgan fingerprint density at radius 1 is 0.387 bits per heavy atom. The van der Waals surface area contributed by atoms with E-state index in [1.165, 1.54) is 44.2 Å². The van der Waals surface area contributed by atoms with Crippen LogP contribution in [0, 0.1) is 0 Å². The van der Waals surface area contributed by atoms with Gasteiger partial charge in [0.1, 0.15) is 0 Å². The predicted octanol–water partition coefficient (Wildman–Crippen LogP) is 15.3. The number of rotatable bonds is 5. The van der Waals surface area contributed by atoms with Crippen LogP contribution in [-0.4, -0.2) is 19.5 Å². The number of nitrogens with zero attached hydrogens (tertiary/aromatic N) is 4. The first-order valence-corrected chi connectivity index (χ1v) is 21.6. The molecule has 12 rings (SSSR count). The van der Waals surface area contributed by atoms with Gasteiger partial charge in [0.05, 0.1) is 11.0 Å².